The number of halogens is 2. The van der Waals surface area contributed by atoms with Crippen LogP contribution in [0.15, 0.2) is 41.1 Å². The smallest absolute Gasteiger partial charge is 0.331 e. The number of ether oxygens (including phenoxy) is 1. The fourth-order valence-electron chi connectivity index (χ4n) is 1.63. The maximum absolute atomic E-state index is 13.6. The SMILES string of the molecule is C[C@H](OC(=O)/C=C/c1ccsc1)C(=O)Nc1ccc(Cl)cc1F. The van der Waals surface area contributed by atoms with Gasteiger partial charge in [0.15, 0.2) is 6.10 Å². The average Bonchev–Trinajstić information content (AvgIpc) is 3.01. The number of carbonyl (C=O) groups is 2. The van der Waals surface area contributed by atoms with E-state index in [1.165, 1.54) is 36.5 Å². The molecular weight excluding hydrogens is 341 g/mol. The van der Waals surface area contributed by atoms with Gasteiger partial charge in [0.2, 0.25) is 0 Å². The van der Waals surface area contributed by atoms with Crippen molar-refractivity contribution in [1.82, 2.24) is 0 Å². The first kappa shape index (κ1) is 17.2. The summed E-state index contributed by atoms with van der Waals surface area (Å²) in [6.07, 6.45) is 1.75. The number of hydrogen-bond donors (Lipinski definition) is 1. The van der Waals surface area contributed by atoms with Gasteiger partial charge in [-0.05, 0) is 53.6 Å². The van der Waals surface area contributed by atoms with Crippen molar-refractivity contribution in [3.63, 3.8) is 0 Å². The summed E-state index contributed by atoms with van der Waals surface area (Å²) in [4.78, 5) is 23.5. The maximum atomic E-state index is 13.6. The van der Waals surface area contributed by atoms with Crippen molar-refractivity contribution in [2.75, 3.05) is 5.32 Å². The van der Waals surface area contributed by atoms with Crippen LogP contribution in [0.3, 0.4) is 0 Å². The fraction of sp³-hybridized carbons (Fsp3) is 0.125. The van der Waals surface area contributed by atoms with Crippen LogP contribution >= 0.6 is 22.9 Å². The lowest BCUT2D eigenvalue weighted by molar-refractivity contribution is -0.148. The molecule has 0 aliphatic carbocycles. The second-order valence-corrected chi connectivity index (χ2v) is 5.80. The summed E-state index contributed by atoms with van der Waals surface area (Å²) >= 11 is 7.13. The number of amides is 1. The summed E-state index contributed by atoms with van der Waals surface area (Å²) in [6, 6.07) is 5.70. The Balaban J connectivity index is 1.90. The van der Waals surface area contributed by atoms with Crippen molar-refractivity contribution < 1.29 is 18.7 Å². The Labute approximate surface area is 141 Å². The van der Waals surface area contributed by atoms with Gasteiger partial charge in [-0.15, -0.1) is 0 Å². The first-order valence-corrected chi connectivity index (χ1v) is 7.94. The monoisotopic (exact) mass is 353 g/mol. The van der Waals surface area contributed by atoms with Crippen molar-refractivity contribution in [3.8, 4) is 0 Å². The molecule has 0 spiro atoms. The van der Waals surface area contributed by atoms with Crippen LogP contribution < -0.4 is 5.32 Å². The molecule has 23 heavy (non-hydrogen) atoms. The molecule has 1 heterocycles. The van der Waals surface area contributed by atoms with Crippen molar-refractivity contribution >= 4 is 46.6 Å². The summed E-state index contributed by atoms with van der Waals surface area (Å²) in [5.41, 5.74) is 0.836. The van der Waals surface area contributed by atoms with Gasteiger partial charge in [0, 0.05) is 11.1 Å². The molecule has 0 fully saturated rings. The Morgan fingerprint density at radius 3 is 2.83 bits per heavy atom. The van der Waals surface area contributed by atoms with Crippen LogP contribution in [0.5, 0.6) is 0 Å². The number of rotatable bonds is 5. The van der Waals surface area contributed by atoms with Gasteiger partial charge in [0.25, 0.3) is 5.91 Å². The molecule has 0 unspecified atom stereocenters. The van der Waals surface area contributed by atoms with Crippen LogP contribution in [-0.2, 0) is 14.3 Å². The molecule has 0 bridgehead atoms. The zero-order valence-corrected chi connectivity index (χ0v) is 13.7. The third kappa shape index (κ3) is 5.19. The molecule has 1 amide bonds. The molecule has 0 saturated heterocycles. The quantitative estimate of drug-likeness (QED) is 0.649. The highest BCUT2D eigenvalue weighted by atomic mass is 35.5. The predicted octanol–water partition coefficient (Wildman–Crippen LogP) is 4.12. The minimum Gasteiger partial charge on any atom is -0.449 e. The van der Waals surface area contributed by atoms with E-state index in [4.69, 9.17) is 16.3 Å². The molecule has 0 aliphatic heterocycles. The lowest BCUT2D eigenvalue weighted by atomic mass is 10.3. The zero-order chi connectivity index (χ0) is 16.8. The highest BCUT2D eigenvalue weighted by Gasteiger charge is 2.18. The van der Waals surface area contributed by atoms with E-state index in [0.29, 0.717) is 0 Å². The molecule has 1 aromatic heterocycles. The Morgan fingerprint density at radius 1 is 1.39 bits per heavy atom. The summed E-state index contributed by atoms with van der Waals surface area (Å²) in [6.45, 7) is 1.40. The van der Waals surface area contributed by atoms with Gasteiger partial charge in [0.05, 0.1) is 5.69 Å². The van der Waals surface area contributed by atoms with Crippen LogP contribution in [0.2, 0.25) is 5.02 Å². The maximum Gasteiger partial charge on any atom is 0.331 e. The van der Waals surface area contributed by atoms with Crippen LogP contribution in [0, 0.1) is 5.82 Å². The van der Waals surface area contributed by atoms with Crippen LogP contribution in [0.4, 0.5) is 10.1 Å². The number of thiophene rings is 1. The Hall–Kier alpha value is -2.18. The lowest BCUT2D eigenvalue weighted by Gasteiger charge is -2.12. The molecule has 120 valence electrons. The number of benzene rings is 1. The van der Waals surface area contributed by atoms with Gasteiger partial charge in [0.1, 0.15) is 5.82 Å². The molecule has 4 nitrogen and oxygen atoms in total. The zero-order valence-electron chi connectivity index (χ0n) is 12.1. The minimum atomic E-state index is -1.07. The summed E-state index contributed by atoms with van der Waals surface area (Å²) in [7, 11) is 0. The first-order chi connectivity index (χ1) is 11.0. The van der Waals surface area contributed by atoms with Gasteiger partial charge >= 0.3 is 5.97 Å². The van der Waals surface area contributed by atoms with Crippen molar-refractivity contribution in [1.29, 1.82) is 0 Å². The molecule has 1 aromatic carbocycles. The van der Waals surface area contributed by atoms with E-state index >= 15 is 0 Å². The molecule has 2 aromatic rings. The summed E-state index contributed by atoms with van der Waals surface area (Å²) in [5, 5.41) is 6.30. The van der Waals surface area contributed by atoms with E-state index in [-0.39, 0.29) is 10.7 Å². The van der Waals surface area contributed by atoms with Gasteiger partial charge < -0.3 is 10.1 Å². The first-order valence-electron chi connectivity index (χ1n) is 6.62. The van der Waals surface area contributed by atoms with E-state index in [1.807, 2.05) is 16.8 Å². The third-order valence-electron chi connectivity index (χ3n) is 2.81. The fourth-order valence-corrected chi connectivity index (χ4v) is 2.41. The largest absolute Gasteiger partial charge is 0.449 e. The van der Waals surface area contributed by atoms with Crippen LogP contribution in [-0.4, -0.2) is 18.0 Å². The van der Waals surface area contributed by atoms with Gasteiger partial charge in [-0.1, -0.05) is 11.6 Å². The second kappa shape index (κ2) is 7.89. The number of carbonyl (C=O) groups excluding carboxylic acids is 2. The van der Waals surface area contributed by atoms with E-state index in [9.17, 15) is 14.0 Å². The number of nitrogens with one attached hydrogen (secondary N) is 1. The normalized spacial score (nSPS) is 12.1. The van der Waals surface area contributed by atoms with E-state index in [0.717, 1.165) is 11.6 Å². The molecule has 0 aliphatic rings. The predicted molar refractivity (Wildman–Crippen MR) is 88.9 cm³/mol. The van der Waals surface area contributed by atoms with Crippen LogP contribution in [0.1, 0.15) is 12.5 Å². The molecule has 2 rings (SSSR count). The summed E-state index contributed by atoms with van der Waals surface area (Å²) in [5.74, 6) is -1.96. The molecule has 0 saturated carbocycles. The second-order valence-electron chi connectivity index (χ2n) is 4.58. The van der Waals surface area contributed by atoms with Crippen LogP contribution in [0.25, 0.3) is 6.08 Å². The summed E-state index contributed by atoms with van der Waals surface area (Å²) < 4.78 is 18.6. The van der Waals surface area contributed by atoms with Crippen molar-refractivity contribution in [2.45, 2.75) is 13.0 Å². The lowest BCUT2D eigenvalue weighted by Crippen LogP contribution is -2.29. The Kier molecular flexibility index (Phi) is 5.90. The van der Waals surface area contributed by atoms with E-state index < -0.39 is 23.8 Å². The molecular formula is C16H13ClFNO3S. The van der Waals surface area contributed by atoms with Crippen molar-refractivity contribution in [2.24, 2.45) is 0 Å². The highest BCUT2D eigenvalue weighted by Crippen LogP contribution is 2.19. The van der Waals surface area contributed by atoms with Crippen molar-refractivity contribution in [3.05, 3.63) is 57.5 Å². The number of anilines is 1. The van der Waals surface area contributed by atoms with Gasteiger partial charge in [-0.2, -0.15) is 11.3 Å². The number of hydrogen-bond acceptors (Lipinski definition) is 4. The average molecular weight is 354 g/mol. The van der Waals surface area contributed by atoms with E-state index in [2.05, 4.69) is 5.32 Å². The molecule has 0 radical (unpaired) electrons. The molecule has 1 N–H and O–H groups in total. The van der Waals surface area contributed by atoms with Gasteiger partial charge in [-0.25, -0.2) is 9.18 Å². The molecule has 1 atom stereocenters. The standard InChI is InChI=1S/C16H13ClFNO3S/c1-10(22-15(20)5-2-11-6-7-23-9-11)16(21)19-14-4-3-12(17)8-13(14)18/h2-10H,1H3,(H,19,21)/b5-2+/t10-/m0/s1. The van der Waals surface area contributed by atoms with Gasteiger partial charge in [-0.3, -0.25) is 4.79 Å². The Morgan fingerprint density at radius 2 is 2.17 bits per heavy atom. The third-order valence-corrected chi connectivity index (χ3v) is 3.74. The Bertz CT molecular complexity index is 731. The number of esters is 1. The molecule has 7 heteroatoms. The highest BCUT2D eigenvalue weighted by molar-refractivity contribution is 7.08. The minimum absolute atomic E-state index is 0.0314. The van der Waals surface area contributed by atoms with E-state index in [1.54, 1.807) is 6.08 Å². The topological polar surface area (TPSA) is 55.4 Å².